The number of halogens is 1. The molecule has 1 aromatic heterocycles. The van der Waals surface area contributed by atoms with Crippen LogP contribution in [0.2, 0.25) is 5.02 Å². The number of aryl methyl sites for hydroxylation is 1. The van der Waals surface area contributed by atoms with E-state index in [1.807, 2.05) is 13.0 Å². The van der Waals surface area contributed by atoms with Crippen LogP contribution in [0.15, 0.2) is 30.6 Å². The van der Waals surface area contributed by atoms with E-state index in [0.717, 1.165) is 24.5 Å². The van der Waals surface area contributed by atoms with Crippen LogP contribution in [0.25, 0.3) is 0 Å². The summed E-state index contributed by atoms with van der Waals surface area (Å²) in [5.74, 6) is 0.549. The van der Waals surface area contributed by atoms with E-state index in [-0.39, 0.29) is 5.91 Å². The van der Waals surface area contributed by atoms with Crippen molar-refractivity contribution >= 4 is 29.0 Å². The second-order valence-corrected chi connectivity index (χ2v) is 6.16. The Labute approximate surface area is 140 Å². The zero-order valence-electron chi connectivity index (χ0n) is 13.1. The summed E-state index contributed by atoms with van der Waals surface area (Å²) < 4.78 is 0. The number of rotatable bonds is 3. The maximum absolute atomic E-state index is 12.3. The van der Waals surface area contributed by atoms with Gasteiger partial charge in [0.15, 0.2) is 0 Å². The van der Waals surface area contributed by atoms with Gasteiger partial charge in [-0.1, -0.05) is 17.7 Å². The molecule has 5 nitrogen and oxygen atoms in total. The molecule has 2 aromatic rings. The normalized spacial score (nSPS) is 14.6. The molecule has 0 radical (unpaired) electrons. The molecule has 0 saturated carbocycles. The number of aromatic nitrogens is 2. The number of nitrogens with one attached hydrogen (secondary N) is 1. The molecule has 6 heteroatoms. The molecule has 1 aliphatic rings. The van der Waals surface area contributed by atoms with E-state index in [0.29, 0.717) is 16.4 Å². The van der Waals surface area contributed by atoms with E-state index in [4.69, 9.17) is 11.6 Å². The summed E-state index contributed by atoms with van der Waals surface area (Å²) in [6.07, 6.45) is 6.82. The van der Waals surface area contributed by atoms with Crippen molar-refractivity contribution in [3.05, 3.63) is 46.9 Å². The third-order valence-electron chi connectivity index (χ3n) is 4.00. The van der Waals surface area contributed by atoms with Crippen molar-refractivity contribution in [2.24, 2.45) is 0 Å². The molecule has 0 unspecified atom stereocenters. The number of piperidine rings is 1. The fourth-order valence-electron chi connectivity index (χ4n) is 2.64. The minimum absolute atomic E-state index is 0.284. The van der Waals surface area contributed by atoms with Crippen LogP contribution in [-0.2, 0) is 0 Å². The lowest BCUT2D eigenvalue weighted by molar-refractivity contribution is 0.102. The minimum atomic E-state index is -0.284. The molecule has 0 bridgehead atoms. The molecular formula is C17H19ClN4O. The fraction of sp³-hybridized carbons (Fsp3) is 0.353. The summed E-state index contributed by atoms with van der Waals surface area (Å²) in [5, 5.41) is 3.41. The molecule has 1 fully saturated rings. The number of hydrogen-bond acceptors (Lipinski definition) is 4. The van der Waals surface area contributed by atoms with Gasteiger partial charge < -0.3 is 10.2 Å². The van der Waals surface area contributed by atoms with Crippen molar-refractivity contribution in [3.8, 4) is 0 Å². The first-order chi connectivity index (χ1) is 11.1. The fourth-order valence-corrected chi connectivity index (χ4v) is 2.81. The average molecular weight is 331 g/mol. The van der Waals surface area contributed by atoms with Crippen molar-refractivity contribution < 1.29 is 4.79 Å². The molecule has 0 spiro atoms. The molecule has 23 heavy (non-hydrogen) atoms. The van der Waals surface area contributed by atoms with Gasteiger partial charge in [-0.3, -0.25) is 4.79 Å². The van der Waals surface area contributed by atoms with Gasteiger partial charge in [0.25, 0.3) is 5.91 Å². The smallest absolute Gasteiger partial charge is 0.275 e. The second-order valence-electron chi connectivity index (χ2n) is 5.72. The molecule has 2 heterocycles. The molecular weight excluding hydrogens is 312 g/mol. The Morgan fingerprint density at radius 2 is 1.96 bits per heavy atom. The average Bonchev–Trinajstić information content (AvgIpc) is 2.59. The maximum atomic E-state index is 12.3. The highest BCUT2D eigenvalue weighted by molar-refractivity contribution is 6.31. The van der Waals surface area contributed by atoms with Gasteiger partial charge in [0, 0.05) is 23.8 Å². The maximum Gasteiger partial charge on any atom is 0.275 e. The third-order valence-corrected chi connectivity index (χ3v) is 4.23. The number of amides is 1. The van der Waals surface area contributed by atoms with Crippen molar-refractivity contribution in [2.45, 2.75) is 26.2 Å². The van der Waals surface area contributed by atoms with E-state index in [1.165, 1.54) is 25.5 Å². The molecule has 0 aliphatic carbocycles. The van der Waals surface area contributed by atoms with Gasteiger partial charge in [-0.25, -0.2) is 9.97 Å². The quantitative estimate of drug-likeness (QED) is 0.932. The first-order valence-corrected chi connectivity index (χ1v) is 8.16. The van der Waals surface area contributed by atoms with Gasteiger partial charge in [-0.05, 0) is 43.9 Å². The van der Waals surface area contributed by atoms with E-state index in [9.17, 15) is 4.79 Å². The number of carbonyl (C=O) groups is 1. The van der Waals surface area contributed by atoms with Crippen LogP contribution >= 0.6 is 11.6 Å². The highest BCUT2D eigenvalue weighted by atomic mass is 35.5. The van der Waals surface area contributed by atoms with Crippen LogP contribution in [-0.4, -0.2) is 29.0 Å². The van der Waals surface area contributed by atoms with Crippen LogP contribution in [0.4, 0.5) is 11.5 Å². The van der Waals surface area contributed by atoms with E-state index in [2.05, 4.69) is 20.2 Å². The van der Waals surface area contributed by atoms with E-state index < -0.39 is 0 Å². The lowest BCUT2D eigenvalue weighted by Gasteiger charge is -2.27. The topological polar surface area (TPSA) is 58.1 Å². The summed E-state index contributed by atoms with van der Waals surface area (Å²) in [7, 11) is 0. The van der Waals surface area contributed by atoms with Crippen LogP contribution in [0.3, 0.4) is 0 Å². The van der Waals surface area contributed by atoms with Gasteiger partial charge in [0.05, 0.1) is 12.4 Å². The highest BCUT2D eigenvalue weighted by Gasteiger charge is 2.14. The van der Waals surface area contributed by atoms with Crippen molar-refractivity contribution in [2.75, 3.05) is 23.3 Å². The van der Waals surface area contributed by atoms with E-state index in [1.54, 1.807) is 18.3 Å². The number of anilines is 2. The van der Waals surface area contributed by atoms with Gasteiger partial charge in [0.2, 0.25) is 0 Å². The Balaban J connectivity index is 1.71. The van der Waals surface area contributed by atoms with Gasteiger partial charge in [-0.2, -0.15) is 0 Å². The van der Waals surface area contributed by atoms with Crippen LogP contribution in [0, 0.1) is 6.92 Å². The SMILES string of the molecule is Cc1ccc(Cl)cc1NC(=O)c1cnc(N2CCCCC2)cn1. The van der Waals surface area contributed by atoms with E-state index >= 15 is 0 Å². The van der Waals surface area contributed by atoms with Crippen molar-refractivity contribution in [3.63, 3.8) is 0 Å². The monoisotopic (exact) mass is 330 g/mol. The minimum Gasteiger partial charge on any atom is -0.355 e. The van der Waals surface area contributed by atoms with Crippen molar-refractivity contribution in [1.29, 1.82) is 0 Å². The summed E-state index contributed by atoms with van der Waals surface area (Å²) in [4.78, 5) is 23.1. The molecule has 0 atom stereocenters. The molecule has 1 aromatic carbocycles. The Morgan fingerprint density at radius 3 is 2.65 bits per heavy atom. The van der Waals surface area contributed by atoms with Crippen LogP contribution < -0.4 is 10.2 Å². The van der Waals surface area contributed by atoms with Gasteiger partial charge in [-0.15, -0.1) is 0 Å². The van der Waals surface area contributed by atoms with Crippen LogP contribution in [0.5, 0.6) is 0 Å². The summed E-state index contributed by atoms with van der Waals surface area (Å²) in [6.45, 7) is 3.92. The first kappa shape index (κ1) is 15.7. The number of nitrogens with zero attached hydrogens (tertiary/aromatic N) is 3. The van der Waals surface area contributed by atoms with Gasteiger partial charge >= 0.3 is 0 Å². The van der Waals surface area contributed by atoms with Crippen molar-refractivity contribution in [1.82, 2.24) is 9.97 Å². The van der Waals surface area contributed by atoms with Crippen LogP contribution in [0.1, 0.15) is 35.3 Å². The summed E-state index contributed by atoms with van der Waals surface area (Å²) in [5.41, 5.74) is 1.93. The molecule has 1 saturated heterocycles. The molecule has 3 rings (SSSR count). The van der Waals surface area contributed by atoms with Gasteiger partial charge in [0.1, 0.15) is 11.5 Å². The Hall–Kier alpha value is -2.14. The number of benzene rings is 1. The Morgan fingerprint density at radius 1 is 1.17 bits per heavy atom. The zero-order chi connectivity index (χ0) is 16.2. The lowest BCUT2D eigenvalue weighted by Crippen LogP contribution is -2.30. The summed E-state index contributed by atoms with van der Waals surface area (Å²) >= 11 is 5.97. The molecule has 1 N–H and O–H groups in total. The number of hydrogen-bond donors (Lipinski definition) is 1. The lowest BCUT2D eigenvalue weighted by atomic mass is 10.1. The Bertz CT molecular complexity index is 696. The Kier molecular flexibility index (Phi) is 4.76. The predicted molar refractivity (Wildman–Crippen MR) is 92.2 cm³/mol. The molecule has 1 aliphatic heterocycles. The molecule has 120 valence electrons. The first-order valence-electron chi connectivity index (χ1n) is 7.78. The highest BCUT2D eigenvalue weighted by Crippen LogP contribution is 2.21. The predicted octanol–water partition coefficient (Wildman–Crippen LogP) is 3.68. The number of carbonyl (C=O) groups excluding carboxylic acids is 1. The third kappa shape index (κ3) is 3.79. The largest absolute Gasteiger partial charge is 0.355 e. The molecule has 1 amide bonds. The zero-order valence-corrected chi connectivity index (χ0v) is 13.8. The summed E-state index contributed by atoms with van der Waals surface area (Å²) in [6, 6.07) is 5.38. The second kappa shape index (κ2) is 6.96. The standard InChI is InChI=1S/C17H19ClN4O/c1-12-5-6-13(18)9-14(12)21-17(23)15-10-20-16(11-19-15)22-7-3-2-4-8-22/h5-6,9-11H,2-4,7-8H2,1H3,(H,21,23).